The molecule has 0 saturated carbocycles. The average Bonchev–Trinajstić information content (AvgIpc) is 3.04. The fourth-order valence-corrected chi connectivity index (χ4v) is 2.83. The number of nitrogens with zero attached hydrogens (tertiary/aromatic N) is 1. The molecule has 0 bridgehead atoms. The highest BCUT2D eigenvalue weighted by Crippen LogP contribution is 2.29. The van der Waals surface area contributed by atoms with Gasteiger partial charge in [-0.25, -0.2) is 9.78 Å². The number of oxazole rings is 1. The predicted octanol–water partition coefficient (Wildman–Crippen LogP) is 5.53. The van der Waals surface area contributed by atoms with Gasteiger partial charge in [-0.05, 0) is 49.7 Å². The van der Waals surface area contributed by atoms with E-state index in [0.29, 0.717) is 27.9 Å². The van der Waals surface area contributed by atoms with Crippen LogP contribution in [-0.4, -0.2) is 17.6 Å². The van der Waals surface area contributed by atoms with Crippen LogP contribution >= 0.6 is 11.6 Å². The second kappa shape index (κ2) is 8.91. The zero-order valence-electron chi connectivity index (χ0n) is 15.6. The average molecular weight is 422 g/mol. The summed E-state index contributed by atoms with van der Waals surface area (Å²) < 4.78 is 35.3. The van der Waals surface area contributed by atoms with Gasteiger partial charge in [0, 0.05) is 10.6 Å². The third kappa shape index (κ3) is 5.23. The summed E-state index contributed by atoms with van der Waals surface area (Å²) in [6, 6.07) is 11.1. The summed E-state index contributed by atoms with van der Waals surface area (Å²) in [5.41, 5.74) is 2.21. The fraction of sp³-hybridized carbons (Fsp3) is 0.200. The Morgan fingerprint density at radius 2 is 1.93 bits per heavy atom. The molecule has 0 aliphatic rings. The second-order valence-electron chi connectivity index (χ2n) is 6.16. The highest BCUT2D eigenvalue weighted by Gasteiger charge is 2.16. The summed E-state index contributed by atoms with van der Waals surface area (Å²) >= 11 is 5.89. The maximum atomic E-state index is 12.6. The topological polar surface area (TPSA) is 76.4 Å². The maximum Gasteiger partial charge on any atom is 0.387 e. The summed E-state index contributed by atoms with van der Waals surface area (Å²) in [6.07, 6.45) is 0. The van der Waals surface area contributed by atoms with Crippen molar-refractivity contribution in [2.45, 2.75) is 27.0 Å². The Labute approximate surface area is 170 Å². The monoisotopic (exact) mass is 421 g/mol. The first kappa shape index (κ1) is 20.6. The van der Waals surface area contributed by atoms with Crippen LogP contribution in [-0.2, 0) is 6.54 Å². The normalized spacial score (nSPS) is 10.8. The van der Waals surface area contributed by atoms with Crippen LogP contribution in [0, 0.1) is 13.8 Å². The molecular formula is C20H18ClF2N3O3. The fourth-order valence-electron chi connectivity index (χ4n) is 2.71. The van der Waals surface area contributed by atoms with E-state index in [1.807, 2.05) is 12.1 Å². The number of ether oxygens (including phenoxy) is 1. The SMILES string of the molecule is Cc1cccc(OC(F)F)c1NC(=O)NCc1nc(C)c(-c2ccc(Cl)cc2)o1. The largest absolute Gasteiger partial charge is 0.438 e. The van der Waals surface area contributed by atoms with E-state index in [1.165, 1.54) is 6.07 Å². The molecule has 2 aromatic carbocycles. The van der Waals surface area contributed by atoms with Crippen LogP contribution in [0.25, 0.3) is 11.3 Å². The van der Waals surface area contributed by atoms with Gasteiger partial charge in [-0.1, -0.05) is 23.7 Å². The number of amides is 2. The Morgan fingerprint density at radius 1 is 1.21 bits per heavy atom. The molecule has 0 unspecified atom stereocenters. The molecule has 0 fully saturated rings. The zero-order valence-corrected chi connectivity index (χ0v) is 16.4. The van der Waals surface area contributed by atoms with E-state index >= 15 is 0 Å². The van der Waals surface area contributed by atoms with Crippen LogP contribution < -0.4 is 15.4 Å². The van der Waals surface area contributed by atoms with E-state index in [0.717, 1.165) is 5.56 Å². The number of halogens is 3. The van der Waals surface area contributed by atoms with Crippen molar-refractivity contribution in [2.24, 2.45) is 0 Å². The Hall–Kier alpha value is -3.13. The number of alkyl halides is 2. The Morgan fingerprint density at radius 3 is 2.62 bits per heavy atom. The van der Waals surface area contributed by atoms with Crippen molar-refractivity contribution in [3.8, 4) is 17.1 Å². The van der Waals surface area contributed by atoms with Crippen LogP contribution in [0.1, 0.15) is 17.1 Å². The number of benzene rings is 2. The second-order valence-corrected chi connectivity index (χ2v) is 6.60. The predicted molar refractivity (Wildman–Crippen MR) is 105 cm³/mol. The standard InChI is InChI=1S/C20H18ClF2N3O3/c1-11-4-3-5-15(28-19(22)23)17(11)26-20(27)24-10-16-25-12(2)18(29-16)13-6-8-14(21)9-7-13/h3-9,19H,10H2,1-2H3,(H2,24,26,27). The van der Waals surface area contributed by atoms with Crippen molar-refractivity contribution in [1.82, 2.24) is 10.3 Å². The minimum absolute atomic E-state index is 0.0111. The number of aromatic nitrogens is 1. The van der Waals surface area contributed by atoms with Gasteiger partial charge in [0.15, 0.2) is 5.76 Å². The molecule has 29 heavy (non-hydrogen) atoms. The lowest BCUT2D eigenvalue weighted by atomic mass is 10.1. The number of nitrogens with one attached hydrogen (secondary N) is 2. The van der Waals surface area contributed by atoms with Crippen LogP contribution in [0.2, 0.25) is 5.02 Å². The molecule has 0 aliphatic heterocycles. The van der Waals surface area contributed by atoms with E-state index in [1.54, 1.807) is 38.1 Å². The summed E-state index contributed by atoms with van der Waals surface area (Å²) in [5, 5.41) is 5.71. The number of carbonyl (C=O) groups is 1. The molecule has 6 nitrogen and oxygen atoms in total. The van der Waals surface area contributed by atoms with Gasteiger partial charge in [0.05, 0.1) is 17.9 Å². The third-order valence-corrected chi connectivity index (χ3v) is 4.29. The van der Waals surface area contributed by atoms with E-state index in [-0.39, 0.29) is 18.0 Å². The summed E-state index contributed by atoms with van der Waals surface area (Å²) in [5.74, 6) is 0.758. The van der Waals surface area contributed by atoms with Crippen LogP contribution in [0.15, 0.2) is 46.9 Å². The number of rotatable bonds is 6. The van der Waals surface area contributed by atoms with Crippen molar-refractivity contribution in [3.05, 3.63) is 64.6 Å². The first-order valence-electron chi connectivity index (χ1n) is 8.65. The van der Waals surface area contributed by atoms with E-state index < -0.39 is 12.6 Å². The van der Waals surface area contributed by atoms with Gasteiger partial charge in [-0.2, -0.15) is 8.78 Å². The molecule has 3 aromatic rings. The van der Waals surface area contributed by atoms with E-state index in [9.17, 15) is 13.6 Å². The molecular weight excluding hydrogens is 404 g/mol. The van der Waals surface area contributed by atoms with Gasteiger partial charge in [0.2, 0.25) is 5.89 Å². The maximum absolute atomic E-state index is 12.6. The van der Waals surface area contributed by atoms with Crippen molar-refractivity contribution in [3.63, 3.8) is 0 Å². The first-order chi connectivity index (χ1) is 13.8. The molecule has 9 heteroatoms. The smallest absolute Gasteiger partial charge is 0.387 e. The third-order valence-electron chi connectivity index (χ3n) is 4.04. The van der Waals surface area contributed by atoms with Gasteiger partial charge in [0.1, 0.15) is 5.75 Å². The number of para-hydroxylation sites is 1. The summed E-state index contributed by atoms with van der Waals surface area (Å²) in [7, 11) is 0. The number of aryl methyl sites for hydroxylation is 2. The molecule has 3 rings (SSSR count). The van der Waals surface area contributed by atoms with Crippen molar-refractivity contribution in [2.75, 3.05) is 5.32 Å². The van der Waals surface area contributed by atoms with Crippen LogP contribution in [0.3, 0.4) is 0 Å². The highest BCUT2D eigenvalue weighted by atomic mass is 35.5. The van der Waals surface area contributed by atoms with Crippen molar-refractivity contribution in [1.29, 1.82) is 0 Å². The summed E-state index contributed by atoms with van der Waals surface area (Å²) in [6.45, 7) is 0.473. The lowest BCUT2D eigenvalue weighted by Crippen LogP contribution is -2.29. The van der Waals surface area contributed by atoms with Crippen molar-refractivity contribution < 1.29 is 22.7 Å². The molecule has 1 heterocycles. The minimum atomic E-state index is -3.00. The molecule has 0 aliphatic carbocycles. The lowest BCUT2D eigenvalue weighted by Gasteiger charge is -2.14. The number of anilines is 1. The molecule has 0 spiro atoms. The van der Waals surface area contributed by atoms with Gasteiger partial charge in [0.25, 0.3) is 0 Å². The molecule has 0 radical (unpaired) electrons. The molecule has 152 valence electrons. The van der Waals surface area contributed by atoms with E-state index in [4.69, 9.17) is 16.0 Å². The Balaban J connectivity index is 1.66. The van der Waals surface area contributed by atoms with Crippen LogP contribution in [0.5, 0.6) is 5.75 Å². The van der Waals surface area contributed by atoms with Gasteiger partial charge < -0.3 is 19.8 Å². The molecule has 1 aromatic heterocycles. The Kier molecular flexibility index (Phi) is 6.33. The van der Waals surface area contributed by atoms with Gasteiger partial charge >= 0.3 is 12.6 Å². The zero-order chi connectivity index (χ0) is 21.0. The van der Waals surface area contributed by atoms with Crippen molar-refractivity contribution >= 4 is 23.3 Å². The lowest BCUT2D eigenvalue weighted by molar-refractivity contribution is -0.0493. The number of urea groups is 1. The minimum Gasteiger partial charge on any atom is -0.438 e. The number of carbonyl (C=O) groups excluding carboxylic acids is 1. The first-order valence-corrected chi connectivity index (χ1v) is 9.03. The molecule has 0 saturated heterocycles. The van der Waals surface area contributed by atoms with Gasteiger partial charge in [-0.15, -0.1) is 0 Å². The van der Waals surface area contributed by atoms with Gasteiger partial charge in [-0.3, -0.25) is 0 Å². The number of hydrogen-bond donors (Lipinski definition) is 2. The molecule has 0 atom stereocenters. The molecule has 2 amide bonds. The Bertz CT molecular complexity index is 1010. The van der Waals surface area contributed by atoms with Crippen LogP contribution in [0.4, 0.5) is 19.3 Å². The number of hydrogen-bond acceptors (Lipinski definition) is 4. The quantitative estimate of drug-likeness (QED) is 0.548. The summed E-state index contributed by atoms with van der Waals surface area (Å²) in [4.78, 5) is 16.5. The molecule has 2 N–H and O–H groups in total. The van der Waals surface area contributed by atoms with E-state index in [2.05, 4.69) is 20.4 Å². The highest BCUT2D eigenvalue weighted by molar-refractivity contribution is 6.30.